The standard InChI is InChI=1S/C20H22N2O4/c1-3-21-20(25)22-19(24)14(2)26-18(23)13-15-9-11-17(12-10-15)16-7-5-4-6-8-16/h4-12,14H,3,13H2,1-2H3,(H2,21,22,24,25). The summed E-state index contributed by atoms with van der Waals surface area (Å²) in [5.74, 6) is -1.19. The Kier molecular flexibility index (Phi) is 6.91. The Balaban J connectivity index is 1.87. The molecule has 0 saturated heterocycles. The fourth-order valence-corrected chi connectivity index (χ4v) is 2.32. The molecule has 2 aromatic rings. The molecule has 2 aromatic carbocycles. The number of urea groups is 1. The number of hydrogen-bond acceptors (Lipinski definition) is 4. The summed E-state index contributed by atoms with van der Waals surface area (Å²) in [4.78, 5) is 35.1. The molecule has 0 saturated carbocycles. The molecule has 0 radical (unpaired) electrons. The fourth-order valence-electron chi connectivity index (χ4n) is 2.32. The Morgan fingerprint density at radius 3 is 2.19 bits per heavy atom. The predicted molar refractivity (Wildman–Crippen MR) is 98.4 cm³/mol. The molecular weight excluding hydrogens is 332 g/mol. The van der Waals surface area contributed by atoms with Crippen LogP contribution in [0.1, 0.15) is 19.4 Å². The summed E-state index contributed by atoms with van der Waals surface area (Å²) in [6.45, 7) is 3.55. The zero-order chi connectivity index (χ0) is 18.9. The van der Waals surface area contributed by atoms with Crippen LogP contribution in [0.3, 0.4) is 0 Å². The molecule has 2 rings (SSSR count). The first-order valence-electron chi connectivity index (χ1n) is 8.42. The number of rotatable bonds is 6. The third-order valence-electron chi connectivity index (χ3n) is 3.66. The highest BCUT2D eigenvalue weighted by Gasteiger charge is 2.19. The molecule has 0 spiro atoms. The SMILES string of the molecule is CCNC(=O)NC(=O)C(C)OC(=O)Cc1ccc(-c2ccccc2)cc1. The Hall–Kier alpha value is -3.15. The lowest BCUT2D eigenvalue weighted by Crippen LogP contribution is -2.44. The quantitative estimate of drug-likeness (QED) is 0.781. The van der Waals surface area contributed by atoms with Crippen LogP contribution in [0.2, 0.25) is 0 Å². The lowest BCUT2D eigenvalue weighted by molar-refractivity contribution is -0.153. The number of benzene rings is 2. The third-order valence-corrected chi connectivity index (χ3v) is 3.66. The summed E-state index contributed by atoms with van der Waals surface area (Å²) < 4.78 is 5.08. The minimum atomic E-state index is -1.05. The molecule has 0 aliphatic carbocycles. The van der Waals surface area contributed by atoms with E-state index in [1.165, 1.54) is 6.92 Å². The van der Waals surface area contributed by atoms with Gasteiger partial charge in [0, 0.05) is 6.54 Å². The van der Waals surface area contributed by atoms with Crippen molar-refractivity contribution in [3.05, 3.63) is 60.2 Å². The number of nitrogens with one attached hydrogen (secondary N) is 2. The molecule has 1 unspecified atom stereocenters. The van der Waals surface area contributed by atoms with E-state index in [1.54, 1.807) is 6.92 Å². The van der Waals surface area contributed by atoms with E-state index in [4.69, 9.17) is 4.74 Å². The van der Waals surface area contributed by atoms with E-state index in [-0.39, 0.29) is 6.42 Å². The summed E-state index contributed by atoms with van der Waals surface area (Å²) >= 11 is 0. The first-order valence-corrected chi connectivity index (χ1v) is 8.42. The Labute approximate surface area is 152 Å². The summed E-state index contributed by atoms with van der Waals surface area (Å²) in [6, 6.07) is 16.9. The van der Waals surface area contributed by atoms with Crippen LogP contribution in [0, 0.1) is 0 Å². The number of ether oxygens (including phenoxy) is 1. The highest BCUT2D eigenvalue weighted by Crippen LogP contribution is 2.19. The third kappa shape index (κ3) is 5.73. The molecule has 3 amide bonds. The van der Waals surface area contributed by atoms with Crippen molar-refractivity contribution in [1.29, 1.82) is 0 Å². The maximum Gasteiger partial charge on any atom is 0.321 e. The molecule has 0 heterocycles. The summed E-state index contributed by atoms with van der Waals surface area (Å²) in [7, 11) is 0. The van der Waals surface area contributed by atoms with Crippen LogP contribution in [0.15, 0.2) is 54.6 Å². The average Bonchev–Trinajstić information content (AvgIpc) is 2.63. The van der Waals surface area contributed by atoms with Gasteiger partial charge in [-0.2, -0.15) is 0 Å². The Bertz CT molecular complexity index is 757. The number of carbonyl (C=O) groups excluding carboxylic acids is 3. The highest BCUT2D eigenvalue weighted by molar-refractivity contribution is 5.97. The number of hydrogen-bond donors (Lipinski definition) is 2. The van der Waals surface area contributed by atoms with Gasteiger partial charge < -0.3 is 10.1 Å². The van der Waals surface area contributed by atoms with E-state index >= 15 is 0 Å². The van der Waals surface area contributed by atoms with Crippen LogP contribution in [-0.2, 0) is 20.7 Å². The maximum atomic E-state index is 12.0. The largest absolute Gasteiger partial charge is 0.452 e. The van der Waals surface area contributed by atoms with Gasteiger partial charge in [-0.05, 0) is 30.5 Å². The van der Waals surface area contributed by atoms with Crippen LogP contribution in [0.5, 0.6) is 0 Å². The fraction of sp³-hybridized carbons (Fsp3) is 0.250. The maximum absolute atomic E-state index is 12.0. The van der Waals surface area contributed by atoms with Crippen molar-refractivity contribution < 1.29 is 19.1 Å². The molecule has 6 heteroatoms. The van der Waals surface area contributed by atoms with Gasteiger partial charge in [0.25, 0.3) is 5.91 Å². The van der Waals surface area contributed by atoms with E-state index in [0.29, 0.717) is 6.54 Å². The van der Waals surface area contributed by atoms with Crippen LogP contribution < -0.4 is 10.6 Å². The first kappa shape index (κ1) is 19.2. The van der Waals surface area contributed by atoms with Gasteiger partial charge in [-0.15, -0.1) is 0 Å². The zero-order valence-corrected chi connectivity index (χ0v) is 14.8. The van der Waals surface area contributed by atoms with Crippen LogP contribution >= 0.6 is 0 Å². The van der Waals surface area contributed by atoms with Gasteiger partial charge in [0.15, 0.2) is 6.10 Å². The molecule has 1 atom stereocenters. The van der Waals surface area contributed by atoms with Crippen molar-refractivity contribution in [3.8, 4) is 11.1 Å². The van der Waals surface area contributed by atoms with E-state index in [1.807, 2.05) is 54.6 Å². The average molecular weight is 354 g/mol. The number of carbonyl (C=O) groups is 3. The molecule has 6 nitrogen and oxygen atoms in total. The van der Waals surface area contributed by atoms with E-state index in [2.05, 4.69) is 10.6 Å². The van der Waals surface area contributed by atoms with Crippen molar-refractivity contribution in [1.82, 2.24) is 10.6 Å². The van der Waals surface area contributed by atoms with Crippen molar-refractivity contribution >= 4 is 17.9 Å². The second kappa shape index (κ2) is 9.36. The molecule has 0 bridgehead atoms. The first-order chi connectivity index (χ1) is 12.5. The molecule has 26 heavy (non-hydrogen) atoms. The molecule has 0 aliphatic rings. The lowest BCUT2D eigenvalue weighted by atomic mass is 10.0. The number of amides is 3. The number of esters is 1. The predicted octanol–water partition coefficient (Wildman–Crippen LogP) is 2.67. The molecular formula is C20H22N2O4. The number of imide groups is 1. The van der Waals surface area contributed by atoms with Crippen molar-refractivity contribution in [2.45, 2.75) is 26.4 Å². The van der Waals surface area contributed by atoms with Crippen LogP contribution in [0.25, 0.3) is 11.1 Å². The monoisotopic (exact) mass is 354 g/mol. The lowest BCUT2D eigenvalue weighted by Gasteiger charge is -2.13. The van der Waals surface area contributed by atoms with E-state index in [0.717, 1.165) is 16.7 Å². The zero-order valence-electron chi connectivity index (χ0n) is 14.8. The molecule has 0 aromatic heterocycles. The summed E-state index contributed by atoms with van der Waals surface area (Å²) in [5.41, 5.74) is 2.93. The van der Waals surface area contributed by atoms with E-state index in [9.17, 15) is 14.4 Å². The second-order valence-electron chi connectivity index (χ2n) is 5.72. The molecule has 136 valence electrons. The smallest absolute Gasteiger partial charge is 0.321 e. The molecule has 0 fully saturated rings. The van der Waals surface area contributed by atoms with Gasteiger partial charge in [0.1, 0.15) is 0 Å². The Morgan fingerprint density at radius 2 is 1.58 bits per heavy atom. The summed E-state index contributed by atoms with van der Waals surface area (Å²) in [5, 5.41) is 4.54. The van der Waals surface area contributed by atoms with Gasteiger partial charge >= 0.3 is 12.0 Å². The van der Waals surface area contributed by atoms with Gasteiger partial charge in [-0.1, -0.05) is 54.6 Å². The van der Waals surface area contributed by atoms with Gasteiger partial charge in [0.05, 0.1) is 6.42 Å². The molecule has 2 N–H and O–H groups in total. The van der Waals surface area contributed by atoms with E-state index < -0.39 is 24.0 Å². The normalized spacial score (nSPS) is 11.3. The second-order valence-corrected chi connectivity index (χ2v) is 5.72. The molecule has 0 aliphatic heterocycles. The summed E-state index contributed by atoms with van der Waals surface area (Å²) in [6.07, 6.45) is -0.998. The van der Waals surface area contributed by atoms with Crippen LogP contribution in [0.4, 0.5) is 4.79 Å². The van der Waals surface area contributed by atoms with Gasteiger partial charge in [-0.25, -0.2) is 4.79 Å². The van der Waals surface area contributed by atoms with Crippen molar-refractivity contribution in [2.75, 3.05) is 6.54 Å². The van der Waals surface area contributed by atoms with Crippen LogP contribution in [-0.4, -0.2) is 30.6 Å². The van der Waals surface area contributed by atoms with Gasteiger partial charge in [0.2, 0.25) is 0 Å². The van der Waals surface area contributed by atoms with Gasteiger partial charge in [-0.3, -0.25) is 14.9 Å². The topological polar surface area (TPSA) is 84.5 Å². The van der Waals surface area contributed by atoms with Crippen molar-refractivity contribution in [3.63, 3.8) is 0 Å². The minimum absolute atomic E-state index is 0.0495. The Morgan fingerprint density at radius 1 is 0.962 bits per heavy atom. The highest BCUT2D eigenvalue weighted by atomic mass is 16.5. The van der Waals surface area contributed by atoms with Crippen molar-refractivity contribution in [2.24, 2.45) is 0 Å². The minimum Gasteiger partial charge on any atom is -0.452 e.